The number of aliphatic hydroxyl groups is 1. The molecule has 1 saturated carbocycles. The van der Waals surface area contributed by atoms with Crippen LogP contribution in [0.2, 0.25) is 0 Å². The highest BCUT2D eigenvalue weighted by molar-refractivity contribution is 5.95. The van der Waals surface area contributed by atoms with E-state index in [2.05, 4.69) is 5.32 Å². The van der Waals surface area contributed by atoms with Gasteiger partial charge < -0.3 is 25.0 Å². The smallest absolute Gasteiger partial charge is 0.253 e. The summed E-state index contributed by atoms with van der Waals surface area (Å²) in [5, 5.41) is 12.5. The van der Waals surface area contributed by atoms with Gasteiger partial charge in [-0.15, -0.1) is 0 Å². The van der Waals surface area contributed by atoms with Crippen LogP contribution in [0.3, 0.4) is 0 Å². The number of hydrogen-bond acceptors (Lipinski definition) is 5. The first-order valence-corrected chi connectivity index (χ1v) is 9.44. The average molecular weight is 375 g/mol. The average Bonchev–Trinajstić information content (AvgIpc) is 2.62. The molecule has 1 heterocycles. The van der Waals surface area contributed by atoms with Gasteiger partial charge in [0.2, 0.25) is 5.91 Å². The summed E-state index contributed by atoms with van der Waals surface area (Å²) in [4.78, 5) is 28.2. The second-order valence-electron chi connectivity index (χ2n) is 7.95. The third kappa shape index (κ3) is 4.03. The van der Waals surface area contributed by atoms with Crippen LogP contribution in [-0.4, -0.2) is 68.8 Å². The van der Waals surface area contributed by atoms with Crippen LogP contribution in [0.4, 0.5) is 5.69 Å². The minimum absolute atomic E-state index is 0.0425. The Balaban J connectivity index is 1.63. The van der Waals surface area contributed by atoms with Gasteiger partial charge in [-0.3, -0.25) is 9.59 Å². The number of fused-ring (bicyclic) bond motifs is 1. The highest BCUT2D eigenvalue weighted by Crippen LogP contribution is 2.39. The summed E-state index contributed by atoms with van der Waals surface area (Å²) in [6, 6.07) is 5.28. The second-order valence-corrected chi connectivity index (χ2v) is 7.95. The highest BCUT2D eigenvalue weighted by atomic mass is 16.5. The standard InChI is InChI=1S/C20H29N3O4/c1-22(2)19(26)14-5-6-17-16(9-14)23(3)15(11-27-17)10-18(25)21-12-20(13-24)7-4-8-20/h5-6,9,15,24H,4,7-8,10-13H2,1-3H3,(H,21,25). The number of nitrogens with one attached hydrogen (secondary N) is 1. The van der Waals surface area contributed by atoms with Gasteiger partial charge in [0.15, 0.2) is 0 Å². The largest absolute Gasteiger partial charge is 0.489 e. The van der Waals surface area contributed by atoms with Crippen molar-refractivity contribution in [1.29, 1.82) is 0 Å². The van der Waals surface area contributed by atoms with Crippen molar-refractivity contribution < 1.29 is 19.4 Å². The van der Waals surface area contributed by atoms with Crippen LogP contribution in [0.1, 0.15) is 36.0 Å². The zero-order valence-electron chi connectivity index (χ0n) is 16.3. The molecule has 7 nitrogen and oxygen atoms in total. The van der Waals surface area contributed by atoms with Gasteiger partial charge in [0.1, 0.15) is 12.4 Å². The van der Waals surface area contributed by atoms with E-state index in [-0.39, 0.29) is 29.9 Å². The topological polar surface area (TPSA) is 82.1 Å². The molecular formula is C20H29N3O4. The number of hydrogen-bond donors (Lipinski definition) is 2. The van der Waals surface area contributed by atoms with Gasteiger partial charge in [0.25, 0.3) is 5.91 Å². The predicted molar refractivity (Wildman–Crippen MR) is 103 cm³/mol. The Morgan fingerprint density at radius 2 is 2.11 bits per heavy atom. The first-order chi connectivity index (χ1) is 12.8. The van der Waals surface area contributed by atoms with Crippen LogP contribution in [0.5, 0.6) is 5.75 Å². The molecule has 148 valence electrons. The number of aliphatic hydroxyl groups excluding tert-OH is 1. The van der Waals surface area contributed by atoms with Gasteiger partial charge in [-0.1, -0.05) is 6.42 Å². The van der Waals surface area contributed by atoms with Gasteiger partial charge in [-0.2, -0.15) is 0 Å². The molecule has 0 saturated heterocycles. The molecule has 3 rings (SSSR count). The third-order valence-corrected chi connectivity index (χ3v) is 5.80. The number of likely N-dealkylation sites (N-methyl/N-ethyl adjacent to an activating group) is 1. The maximum absolute atomic E-state index is 12.4. The Labute approximate surface area is 160 Å². The lowest BCUT2D eigenvalue weighted by Crippen LogP contribution is -2.47. The van der Waals surface area contributed by atoms with Crippen LogP contribution in [0.25, 0.3) is 0 Å². The number of nitrogens with zero attached hydrogens (tertiary/aromatic N) is 2. The summed E-state index contributed by atoms with van der Waals surface area (Å²) in [7, 11) is 5.36. The molecule has 7 heteroatoms. The van der Waals surface area contributed by atoms with E-state index in [4.69, 9.17) is 4.74 Å². The Morgan fingerprint density at radius 3 is 2.70 bits per heavy atom. The number of rotatable bonds is 6. The van der Waals surface area contributed by atoms with Gasteiger partial charge in [-0.25, -0.2) is 0 Å². The molecule has 0 radical (unpaired) electrons. The van der Waals surface area contributed by atoms with Crippen molar-refractivity contribution in [3.05, 3.63) is 23.8 Å². The lowest BCUT2D eigenvalue weighted by Gasteiger charge is -2.40. The molecule has 1 unspecified atom stereocenters. The van der Waals surface area contributed by atoms with Gasteiger partial charge >= 0.3 is 0 Å². The van der Waals surface area contributed by atoms with Crippen LogP contribution in [0.15, 0.2) is 18.2 Å². The normalized spacial score (nSPS) is 20.1. The summed E-state index contributed by atoms with van der Waals surface area (Å²) in [5.41, 5.74) is 1.28. The van der Waals surface area contributed by atoms with E-state index in [1.54, 1.807) is 26.2 Å². The maximum atomic E-state index is 12.4. The summed E-state index contributed by atoms with van der Waals surface area (Å²) < 4.78 is 5.81. The fraction of sp³-hybridized carbons (Fsp3) is 0.600. The minimum Gasteiger partial charge on any atom is -0.489 e. The zero-order valence-corrected chi connectivity index (χ0v) is 16.3. The quantitative estimate of drug-likeness (QED) is 0.782. The molecule has 27 heavy (non-hydrogen) atoms. The summed E-state index contributed by atoms with van der Waals surface area (Å²) in [5.74, 6) is 0.609. The molecular weight excluding hydrogens is 346 g/mol. The van der Waals surface area contributed by atoms with E-state index >= 15 is 0 Å². The molecule has 0 spiro atoms. The van der Waals surface area contributed by atoms with E-state index in [0.29, 0.717) is 25.1 Å². The molecule has 2 aliphatic rings. The fourth-order valence-electron chi connectivity index (χ4n) is 3.64. The zero-order chi connectivity index (χ0) is 19.6. The van der Waals surface area contributed by atoms with E-state index in [1.165, 1.54) is 4.90 Å². The number of ether oxygens (including phenoxy) is 1. The minimum atomic E-state index is -0.126. The summed E-state index contributed by atoms with van der Waals surface area (Å²) >= 11 is 0. The van der Waals surface area contributed by atoms with Crippen LogP contribution in [0, 0.1) is 5.41 Å². The van der Waals surface area contributed by atoms with Crippen molar-refractivity contribution in [3.63, 3.8) is 0 Å². The van der Waals surface area contributed by atoms with Crippen LogP contribution < -0.4 is 15.0 Å². The van der Waals surface area contributed by atoms with Crippen molar-refractivity contribution in [2.24, 2.45) is 5.41 Å². The molecule has 1 aromatic rings. The van der Waals surface area contributed by atoms with Crippen LogP contribution >= 0.6 is 0 Å². The Hall–Kier alpha value is -2.28. The number of anilines is 1. The Kier molecular flexibility index (Phi) is 5.60. The van der Waals surface area contributed by atoms with Gasteiger partial charge in [-0.05, 0) is 31.0 Å². The van der Waals surface area contributed by atoms with Crippen molar-refractivity contribution in [3.8, 4) is 5.75 Å². The monoisotopic (exact) mass is 375 g/mol. The molecule has 1 aliphatic heterocycles. The number of amides is 2. The van der Waals surface area contributed by atoms with E-state index in [0.717, 1.165) is 30.7 Å². The molecule has 1 atom stereocenters. The number of benzene rings is 1. The SMILES string of the molecule is CN(C)C(=O)c1ccc2c(c1)N(C)C(CC(=O)NCC1(CO)CCC1)CO2. The molecule has 1 aromatic carbocycles. The molecule has 2 amide bonds. The Morgan fingerprint density at radius 1 is 1.37 bits per heavy atom. The first kappa shape index (κ1) is 19.5. The predicted octanol–water partition coefficient (Wildman–Crippen LogP) is 1.25. The Bertz CT molecular complexity index is 710. The van der Waals surface area contributed by atoms with E-state index < -0.39 is 0 Å². The lowest BCUT2D eigenvalue weighted by molar-refractivity contribution is -0.122. The molecule has 1 aliphatic carbocycles. The van der Waals surface area contributed by atoms with Crippen molar-refractivity contribution >= 4 is 17.5 Å². The van der Waals surface area contributed by atoms with Crippen molar-refractivity contribution in [2.75, 3.05) is 45.8 Å². The van der Waals surface area contributed by atoms with Crippen LogP contribution in [-0.2, 0) is 4.79 Å². The number of carbonyl (C=O) groups excluding carboxylic acids is 2. The van der Waals surface area contributed by atoms with Crippen molar-refractivity contribution in [1.82, 2.24) is 10.2 Å². The molecule has 1 fully saturated rings. The number of carbonyl (C=O) groups is 2. The fourth-order valence-corrected chi connectivity index (χ4v) is 3.64. The maximum Gasteiger partial charge on any atom is 0.253 e. The first-order valence-electron chi connectivity index (χ1n) is 9.44. The van der Waals surface area contributed by atoms with Crippen molar-refractivity contribution in [2.45, 2.75) is 31.7 Å². The molecule has 2 N–H and O–H groups in total. The van der Waals surface area contributed by atoms with E-state index in [9.17, 15) is 14.7 Å². The second kappa shape index (κ2) is 7.76. The molecule has 0 aromatic heterocycles. The highest BCUT2D eigenvalue weighted by Gasteiger charge is 2.37. The lowest BCUT2D eigenvalue weighted by atomic mass is 9.69. The molecule has 0 bridgehead atoms. The summed E-state index contributed by atoms with van der Waals surface area (Å²) in [6.07, 6.45) is 3.35. The van der Waals surface area contributed by atoms with E-state index in [1.807, 2.05) is 18.0 Å². The summed E-state index contributed by atoms with van der Waals surface area (Å²) in [6.45, 7) is 1.07. The third-order valence-electron chi connectivity index (χ3n) is 5.80. The van der Waals surface area contributed by atoms with Gasteiger partial charge in [0.05, 0.1) is 24.8 Å². The van der Waals surface area contributed by atoms with Gasteiger partial charge in [0, 0.05) is 38.7 Å².